The van der Waals surface area contributed by atoms with Crippen LogP contribution in [0.5, 0.6) is 11.5 Å². The van der Waals surface area contributed by atoms with E-state index in [2.05, 4.69) is 50.5 Å². The molecule has 0 amide bonds. The summed E-state index contributed by atoms with van der Waals surface area (Å²) < 4.78 is 10.9. The number of ether oxygens (including phenoxy) is 2. The molecule has 0 atom stereocenters. The van der Waals surface area contributed by atoms with Crippen LogP contribution < -0.4 is 19.7 Å². The summed E-state index contributed by atoms with van der Waals surface area (Å²) in [5.41, 5.74) is 4.61. The van der Waals surface area contributed by atoms with Crippen LogP contribution in [0.15, 0.2) is 42.6 Å². The van der Waals surface area contributed by atoms with Gasteiger partial charge in [-0.15, -0.1) is 5.10 Å². The Labute approximate surface area is 164 Å². The third-order valence-electron chi connectivity index (χ3n) is 4.84. The van der Waals surface area contributed by atoms with Crippen LogP contribution in [0.25, 0.3) is 0 Å². The maximum atomic E-state index is 5.44. The van der Waals surface area contributed by atoms with E-state index in [0.717, 1.165) is 30.2 Å². The lowest BCUT2D eigenvalue weighted by Crippen LogP contribution is -2.32. The number of nitrogens with one attached hydrogen (secondary N) is 1. The zero-order valence-electron chi connectivity index (χ0n) is 16.3. The van der Waals surface area contributed by atoms with Crippen molar-refractivity contribution in [2.75, 3.05) is 31.0 Å². The number of methoxy groups -OCH3 is 2. The lowest BCUT2D eigenvalue weighted by Gasteiger charge is -2.29. The topological polar surface area (TPSA) is 72.4 Å². The van der Waals surface area contributed by atoms with Gasteiger partial charge in [-0.25, -0.2) is 0 Å². The van der Waals surface area contributed by atoms with E-state index in [1.54, 1.807) is 20.4 Å². The van der Waals surface area contributed by atoms with Crippen LogP contribution in [-0.4, -0.2) is 35.9 Å². The highest BCUT2D eigenvalue weighted by Gasteiger charge is 2.21. The quantitative estimate of drug-likeness (QED) is 0.729. The van der Waals surface area contributed by atoms with Crippen molar-refractivity contribution in [3.05, 3.63) is 59.3 Å². The molecule has 7 nitrogen and oxygen atoms in total. The van der Waals surface area contributed by atoms with Gasteiger partial charge in [-0.2, -0.15) is 10.1 Å². The number of benzene rings is 2. The van der Waals surface area contributed by atoms with E-state index in [0.29, 0.717) is 18.3 Å². The van der Waals surface area contributed by atoms with Gasteiger partial charge in [-0.1, -0.05) is 12.1 Å². The van der Waals surface area contributed by atoms with Gasteiger partial charge in [0.2, 0.25) is 5.95 Å². The molecule has 0 fully saturated rings. The zero-order chi connectivity index (χ0) is 19.5. The average Bonchev–Trinajstić information content (AvgIpc) is 2.72. The highest BCUT2D eigenvalue weighted by molar-refractivity contribution is 5.57. The number of hydrogen-bond acceptors (Lipinski definition) is 7. The van der Waals surface area contributed by atoms with Crippen molar-refractivity contribution in [1.82, 2.24) is 15.2 Å². The summed E-state index contributed by atoms with van der Waals surface area (Å²) in [6, 6.07) is 12.2. The molecule has 0 radical (unpaired) electrons. The van der Waals surface area contributed by atoms with Crippen LogP contribution in [0.4, 0.5) is 17.5 Å². The Morgan fingerprint density at radius 3 is 2.57 bits per heavy atom. The number of hydrogen-bond donors (Lipinski definition) is 1. The lowest BCUT2D eigenvalue weighted by molar-refractivity contribution is 0.353. The molecule has 1 aliphatic heterocycles. The SMILES string of the molecule is COc1cc2c(cc1OC)CN(c1nncc(Nc3cccc(C)c3)n1)CC2. The molecule has 144 valence electrons. The van der Waals surface area contributed by atoms with Gasteiger partial charge >= 0.3 is 0 Å². The molecule has 2 heterocycles. The van der Waals surface area contributed by atoms with E-state index in [1.165, 1.54) is 16.7 Å². The Kier molecular flexibility index (Phi) is 4.97. The third kappa shape index (κ3) is 3.69. The van der Waals surface area contributed by atoms with Gasteiger partial charge in [0.25, 0.3) is 0 Å². The van der Waals surface area contributed by atoms with Crippen LogP contribution in [0.2, 0.25) is 0 Å². The first-order valence-electron chi connectivity index (χ1n) is 9.18. The first-order chi connectivity index (χ1) is 13.7. The number of aryl methyl sites for hydroxylation is 1. The zero-order valence-corrected chi connectivity index (χ0v) is 16.3. The fourth-order valence-corrected chi connectivity index (χ4v) is 3.41. The molecule has 0 bridgehead atoms. The second kappa shape index (κ2) is 7.72. The second-order valence-corrected chi connectivity index (χ2v) is 6.78. The molecule has 2 aromatic carbocycles. The number of fused-ring (bicyclic) bond motifs is 1. The number of aromatic nitrogens is 3. The van der Waals surface area contributed by atoms with Crippen LogP contribution in [0, 0.1) is 6.92 Å². The monoisotopic (exact) mass is 377 g/mol. The Morgan fingerprint density at radius 1 is 1.04 bits per heavy atom. The van der Waals surface area contributed by atoms with Crippen molar-refractivity contribution in [2.45, 2.75) is 19.9 Å². The van der Waals surface area contributed by atoms with Gasteiger partial charge in [0.05, 0.1) is 20.4 Å². The predicted molar refractivity (Wildman–Crippen MR) is 109 cm³/mol. The molecular weight excluding hydrogens is 354 g/mol. The van der Waals surface area contributed by atoms with E-state index < -0.39 is 0 Å². The minimum atomic E-state index is 0.609. The Hall–Kier alpha value is -3.35. The van der Waals surface area contributed by atoms with Crippen molar-refractivity contribution in [1.29, 1.82) is 0 Å². The number of nitrogens with zero attached hydrogens (tertiary/aromatic N) is 4. The molecule has 28 heavy (non-hydrogen) atoms. The Bertz CT molecular complexity index is 992. The van der Waals surface area contributed by atoms with Crippen LogP contribution in [0.1, 0.15) is 16.7 Å². The summed E-state index contributed by atoms with van der Waals surface area (Å²) in [4.78, 5) is 6.78. The minimum absolute atomic E-state index is 0.609. The highest BCUT2D eigenvalue weighted by Crippen LogP contribution is 2.34. The number of rotatable bonds is 5. The second-order valence-electron chi connectivity index (χ2n) is 6.78. The predicted octanol–water partition coefficient (Wildman–Crippen LogP) is 3.50. The van der Waals surface area contributed by atoms with Gasteiger partial charge in [0.1, 0.15) is 0 Å². The highest BCUT2D eigenvalue weighted by atomic mass is 16.5. The van der Waals surface area contributed by atoms with E-state index >= 15 is 0 Å². The largest absolute Gasteiger partial charge is 0.493 e. The fraction of sp³-hybridized carbons (Fsp3) is 0.286. The van der Waals surface area contributed by atoms with E-state index in [4.69, 9.17) is 9.47 Å². The molecule has 7 heteroatoms. The van der Waals surface area contributed by atoms with E-state index in [1.807, 2.05) is 18.2 Å². The molecular formula is C21H23N5O2. The van der Waals surface area contributed by atoms with Crippen molar-refractivity contribution in [3.8, 4) is 11.5 Å². The van der Waals surface area contributed by atoms with E-state index in [-0.39, 0.29) is 0 Å². The molecule has 1 aromatic heterocycles. The summed E-state index contributed by atoms with van der Waals surface area (Å²) >= 11 is 0. The Balaban J connectivity index is 1.56. The van der Waals surface area contributed by atoms with Gasteiger partial charge in [0.15, 0.2) is 17.3 Å². The molecule has 0 unspecified atom stereocenters. The number of anilines is 3. The summed E-state index contributed by atoms with van der Waals surface area (Å²) in [5, 5.41) is 11.7. The molecule has 3 aromatic rings. The molecule has 0 spiro atoms. The molecule has 4 rings (SSSR count). The van der Waals surface area contributed by atoms with Crippen LogP contribution in [-0.2, 0) is 13.0 Å². The standard InChI is InChI=1S/C21H23N5O2/c1-14-5-4-6-17(9-14)23-20-12-22-25-21(24-20)26-8-7-15-10-18(27-2)19(28-3)11-16(15)13-26/h4-6,9-12H,7-8,13H2,1-3H3,(H,23,24,25). The first-order valence-corrected chi connectivity index (χ1v) is 9.18. The average molecular weight is 377 g/mol. The first kappa shape index (κ1) is 18.0. The lowest BCUT2D eigenvalue weighted by atomic mass is 9.99. The van der Waals surface area contributed by atoms with E-state index in [9.17, 15) is 0 Å². The summed E-state index contributed by atoms with van der Waals surface area (Å²) in [6.45, 7) is 3.58. The summed E-state index contributed by atoms with van der Waals surface area (Å²) in [7, 11) is 3.31. The Morgan fingerprint density at radius 2 is 1.82 bits per heavy atom. The third-order valence-corrected chi connectivity index (χ3v) is 4.84. The van der Waals surface area contributed by atoms with Gasteiger partial charge < -0.3 is 19.7 Å². The minimum Gasteiger partial charge on any atom is -0.493 e. The fourth-order valence-electron chi connectivity index (χ4n) is 3.41. The normalized spacial score (nSPS) is 13.0. The van der Waals surface area contributed by atoms with Crippen molar-refractivity contribution >= 4 is 17.5 Å². The smallest absolute Gasteiger partial charge is 0.247 e. The van der Waals surface area contributed by atoms with Crippen molar-refractivity contribution in [3.63, 3.8) is 0 Å². The van der Waals surface area contributed by atoms with Crippen molar-refractivity contribution in [2.24, 2.45) is 0 Å². The molecule has 0 saturated carbocycles. The molecule has 0 saturated heterocycles. The van der Waals surface area contributed by atoms with Crippen LogP contribution in [0.3, 0.4) is 0 Å². The van der Waals surface area contributed by atoms with Gasteiger partial charge in [-0.05, 0) is 54.3 Å². The molecule has 1 N–H and O–H groups in total. The van der Waals surface area contributed by atoms with Crippen molar-refractivity contribution < 1.29 is 9.47 Å². The van der Waals surface area contributed by atoms with Gasteiger partial charge in [-0.3, -0.25) is 0 Å². The molecule has 0 aliphatic carbocycles. The molecule has 1 aliphatic rings. The van der Waals surface area contributed by atoms with Gasteiger partial charge in [0, 0.05) is 18.8 Å². The maximum absolute atomic E-state index is 5.44. The summed E-state index contributed by atoms with van der Waals surface area (Å²) in [6.07, 6.45) is 2.52. The summed E-state index contributed by atoms with van der Waals surface area (Å²) in [5.74, 6) is 2.78. The van der Waals surface area contributed by atoms with Crippen LogP contribution >= 0.6 is 0 Å². The maximum Gasteiger partial charge on any atom is 0.247 e.